The van der Waals surface area contributed by atoms with Gasteiger partial charge in [-0.25, -0.2) is 4.98 Å². The van der Waals surface area contributed by atoms with Crippen molar-refractivity contribution in [3.05, 3.63) is 27.8 Å². The lowest BCUT2D eigenvalue weighted by Crippen LogP contribution is -2.21. The van der Waals surface area contributed by atoms with Crippen molar-refractivity contribution in [1.29, 1.82) is 0 Å². The Balaban J connectivity index is 2.92. The molecule has 0 atom stereocenters. The minimum Gasteiger partial charge on any atom is -0.497 e. The first kappa shape index (κ1) is 12.7. The molecule has 0 aliphatic carbocycles. The summed E-state index contributed by atoms with van der Waals surface area (Å²) in [5, 5.41) is 0.565. The van der Waals surface area contributed by atoms with Gasteiger partial charge in [0.1, 0.15) is 16.9 Å². The summed E-state index contributed by atoms with van der Waals surface area (Å²) in [7, 11) is 3.04. The van der Waals surface area contributed by atoms with E-state index in [0.717, 1.165) is 0 Å². The second kappa shape index (κ2) is 4.86. The van der Waals surface area contributed by atoms with Crippen molar-refractivity contribution in [3.8, 4) is 11.5 Å². The Morgan fingerprint density at radius 2 is 2.06 bits per heavy atom. The molecule has 0 saturated carbocycles. The number of hydrogen-bond donors (Lipinski definition) is 0. The first-order valence-corrected chi connectivity index (χ1v) is 5.82. The average Bonchev–Trinajstić information content (AvgIpc) is 2.37. The Morgan fingerprint density at radius 3 is 2.61 bits per heavy atom. The first-order chi connectivity index (χ1) is 8.62. The normalized spacial score (nSPS) is 10.7. The molecule has 0 N–H and O–H groups in total. The van der Waals surface area contributed by atoms with Crippen molar-refractivity contribution in [2.75, 3.05) is 14.2 Å². The molecular formula is C12H13ClN2O3. The van der Waals surface area contributed by atoms with E-state index >= 15 is 0 Å². The molecule has 1 heterocycles. The third-order valence-corrected chi connectivity index (χ3v) is 3.01. The molecule has 0 spiro atoms. The summed E-state index contributed by atoms with van der Waals surface area (Å²) in [6.45, 7) is 2.28. The Morgan fingerprint density at radius 1 is 1.33 bits per heavy atom. The van der Waals surface area contributed by atoms with Crippen molar-refractivity contribution in [3.63, 3.8) is 0 Å². The van der Waals surface area contributed by atoms with Gasteiger partial charge in [-0.3, -0.25) is 9.36 Å². The zero-order chi connectivity index (χ0) is 13.3. The molecule has 2 aromatic rings. The molecule has 0 fully saturated rings. The van der Waals surface area contributed by atoms with Gasteiger partial charge in [0.05, 0.1) is 19.7 Å². The van der Waals surface area contributed by atoms with Gasteiger partial charge in [-0.2, -0.15) is 0 Å². The lowest BCUT2D eigenvalue weighted by molar-refractivity contribution is 0.397. The second-order valence-corrected chi connectivity index (χ2v) is 3.99. The zero-order valence-corrected chi connectivity index (χ0v) is 11.1. The molecule has 0 saturated heterocycles. The van der Waals surface area contributed by atoms with Crippen LogP contribution in [0.25, 0.3) is 10.9 Å². The molecular weight excluding hydrogens is 256 g/mol. The van der Waals surface area contributed by atoms with E-state index in [1.165, 1.54) is 18.8 Å². The molecule has 0 unspecified atom stereocenters. The highest BCUT2D eigenvalue weighted by molar-refractivity contribution is 6.28. The maximum atomic E-state index is 12.3. The third kappa shape index (κ3) is 1.90. The molecule has 1 aromatic heterocycles. The Bertz CT molecular complexity index is 652. The minimum absolute atomic E-state index is 0.158. The van der Waals surface area contributed by atoms with Gasteiger partial charge in [-0.1, -0.05) is 0 Å². The minimum atomic E-state index is -0.216. The lowest BCUT2D eigenvalue weighted by Gasteiger charge is -2.11. The highest BCUT2D eigenvalue weighted by Gasteiger charge is 2.14. The van der Waals surface area contributed by atoms with Gasteiger partial charge in [0.2, 0.25) is 5.28 Å². The molecule has 6 heteroatoms. The Kier molecular flexibility index (Phi) is 3.43. The average molecular weight is 269 g/mol. The summed E-state index contributed by atoms with van der Waals surface area (Å²) in [6, 6.07) is 3.31. The molecule has 0 aliphatic rings. The Hall–Kier alpha value is -1.75. The van der Waals surface area contributed by atoms with E-state index in [4.69, 9.17) is 21.1 Å². The van der Waals surface area contributed by atoms with Crippen LogP contribution in [-0.4, -0.2) is 23.8 Å². The second-order valence-electron chi connectivity index (χ2n) is 3.65. The van der Waals surface area contributed by atoms with E-state index in [1.807, 2.05) is 6.92 Å². The maximum Gasteiger partial charge on any atom is 0.266 e. The van der Waals surface area contributed by atoms with E-state index in [1.54, 1.807) is 12.1 Å². The van der Waals surface area contributed by atoms with Crippen LogP contribution < -0.4 is 15.0 Å². The number of aromatic nitrogens is 2. The monoisotopic (exact) mass is 268 g/mol. The van der Waals surface area contributed by atoms with Gasteiger partial charge < -0.3 is 9.47 Å². The molecule has 96 valence electrons. The Labute approximate surface area is 109 Å². The van der Waals surface area contributed by atoms with E-state index in [2.05, 4.69) is 4.98 Å². The highest BCUT2D eigenvalue weighted by Crippen LogP contribution is 2.28. The third-order valence-electron chi connectivity index (χ3n) is 2.72. The largest absolute Gasteiger partial charge is 0.497 e. The highest BCUT2D eigenvalue weighted by atomic mass is 35.5. The number of benzene rings is 1. The van der Waals surface area contributed by atoms with Gasteiger partial charge in [0, 0.05) is 18.7 Å². The number of hydrogen-bond acceptors (Lipinski definition) is 4. The first-order valence-electron chi connectivity index (χ1n) is 5.44. The SMILES string of the molecule is CCn1c(Cl)nc2cc(OC)cc(OC)c2c1=O. The van der Waals surface area contributed by atoms with Crippen LogP contribution in [0, 0.1) is 0 Å². The lowest BCUT2D eigenvalue weighted by atomic mass is 10.2. The van der Waals surface area contributed by atoms with Crippen LogP contribution in [0.1, 0.15) is 6.92 Å². The van der Waals surface area contributed by atoms with Crippen LogP contribution in [0.4, 0.5) is 0 Å². The molecule has 0 aliphatic heterocycles. The van der Waals surface area contributed by atoms with Crippen molar-refractivity contribution in [1.82, 2.24) is 9.55 Å². The molecule has 0 radical (unpaired) electrons. The van der Waals surface area contributed by atoms with E-state index in [9.17, 15) is 4.79 Å². The summed E-state index contributed by atoms with van der Waals surface area (Å²) in [5.74, 6) is 0.997. The summed E-state index contributed by atoms with van der Waals surface area (Å²) in [6.07, 6.45) is 0. The van der Waals surface area contributed by atoms with Crippen LogP contribution in [-0.2, 0) is 6.54 Å². The predicted molar refractivity (Wildman–Crippen MR) is 69.8 cm³/mol. The van der Waals surface area contributed by atoms with Gasteiger partial charge >= 0.3 is 0 Å². The van der Waals surface area contributed by atoms with Crippen LogP contribution in [0.15, 0.2) is 16.9 Å². The topological polar surface area (TPSA) is 53.4 Å². The molecule has 18 heavy (non-hydrogen) atoms. The van der Waals surface area contributed by atoms with Crippen molar-refractivity contribution in [2.45, 2.75) is 13.5 Å². The zero-order valence-electron chi connectivity index (χ0n) is 10.4. The molecule has 1 aromatic carbocycles. The number of halogens is 1. The number of fused-ring (bicyclic) bond motifs is 1. The number of methoxy groups -OCH3 is 2. The van der Waals surface area contributed by atoms with Crippen LogP contribution in [0.2, 0.25) is 5.28 Å². The summed E-state index contributed by atoms with van der Waals surface area (Å²) < 4.78 is 11.7. The van der Waals surface area contributed by atoms with Crippen LogP contribution >= 0.6 is 11.6 Å². The number of rotatable bonds is 3. The standard InChI is InChI=1S/C12H13ClN2O3/c1-4-15-11(16)10-8(14-12(15)13)5-7(17-2)6-9(10)18-3/h5-6H,4H2,1-3H3. The van der Waals surface area contributed by atoms with Crippen LogP contribution in [0.3, 0.4) is 0 Å². The number of nitrogens with zero attached hydrogens (tertiary/aromatic N) is 2. The molecule has 2 rings (SSSR count). The molecule has 0 bridgehead atoms. The van der Waals surface area contributed by atoms with E-state index in [-0.39, 0.29) is 10.8 Å². The fourth-order valence-corrected chi connectivity index (χ4v) is 2.10. The quantitative estimate of drug-likeness (QED) is 0.800. The maximum absolute atomic E-state index is 12.3. The smallest absolute Gasteiger partial charge is 0.266 e. The van der Waals surface area contributed by atoms with Gasteiger partial charge in [-0.05, 0) is 18.5 Å². The number of ether oxygens (including phenoxy) is 2. The van der Waals surface area contributed by atoms with Gasteiger partial charge in [0.15, 0.2) is 0 Å². The van der Waals surface area contributed by atoms with Crippen molar-refractivity contribution in [2.24, 2.45) is 0 Å². The molecule has 0 amide bonds. The van der Waals surface area contributed by atoms with Crippen molar-refractivity contribution >= 4 is 22.5 Å². The summed E-state index contributed by atoms with van der Waals surface area (Å²) in [5.41, 5.74) is 0.248. The summed E-state index contributed by atoms with van der Waals surface area (Å²) in [4.78, 5) is 16.5. The van der Waals surface area contributed by atoms with Gasteiger partial charge in [-0.15, -0.1) is 0 Å². The fraction of sp³-hybridized carbons (Fsp3) is 0.333. The van der Waals surface area contributed by atoms with E-state index < -0.39 is 0 Å². The summed E-state index contributed by atoms with van der Waals surface area (Å²) >= 11 is 5.97. The van der Waals surface area contributed by atoms with Crippen LogP contribution in [0.5, 0.6) is 11.5 Å². The predicted octanol–water partition coefficient (Wildman–Crippen LogP) is 2.09. The molecule has 5 nitrogen and oxygen atoms in total. The fourth-order valence-electron chi connectivity index (χ4n) is 1.81. The van der Waals surface area contributed by atoms with E-state index in [0.29, 0.717) is 28.9 Å². The van der Waals surface area contributed by atoms with Crippen molar-refractivity contribution < 1.29 is 9.47 Å². The van der Waals surface area contributed by atoms with Gasteiger partial charge in [0.25, 0.3) is 5.56 Å².